The first-order valence-electron chi connectivity index (χ1n) is 10.7. The van der Waals surface area contributed by atoms with Crippen LogP contribution in [0.5, 0.6) is 0 Å². The van der Waals surface area contributed by atoms with E-state index in [0.29, 0.717) is 5.56 Å². The van der Waals surface area contributed by atoms with Crippen LogP contribution in [-0.4, -0.2) is 31.2 Å². The maximum Gasteiger partial charge on any atom is 0.274 e. The van der Waals surface area contributed by atoms with Crippen molar-refractivity contribution in [3.05, 3.63) is 92.8 Å². The summed E-state index contributed by atoms with van der Waals surface area (Å²) in [5.41, 5.74) is -1.47. The van der Waals surface area contributed by atoms with Crippen molar-refractivity contribution < 1.29 is 23.1 Å². The van der Waals surface area contributed by atoms with Gasteiger partial charge in [-0.1, -0.05) is 18.2 Å². The van der Waals surface area contributed by atoms with Crippen LogP contribution in [0.4, 0.5) is 13.2 Å². The van der Waals surface area contributed by atoms with E-state index in [1.165, 1.54) is 70.3 Å². The van der Waals surface area contributed by atoms with Gasteiger partial charge < -0.3 is 15.4 Å². The highest BCUT2D eigenvalue weighted by Gasteiger charge is 2.32. The Morgan fingerprint density at radius 3 is 2.37 bits per heavy atom. The minimum absolute atomic E-state index is 0.0194. The lowest BCUT2D eigenvalue weighted by Gasteiger charge is -2.30. The fourth-order valence-electron chi connectivity index (χ4n) is 3.95. The summed E-state index contributed by atoms with van der Waals surface area (Å²) in [5, 5.41) is 17.5. The molecule has 0 saturated heterocycles. The maximum absolute atomic E-state index is 14.5. The number of carbonyl (C=O) groups excluding carboxylic acids is 1. The van der Waals surface area contributed by atoms with E-state index in [1.807, 2.05) is 0 Å². The van der Waals surface area contributed by atoms with Gasteiger partial charge in [-0.2, -0.15) is 5.10 Å². The number of rotatable bonds is 5. The highest BCUT2D eigenvalue weighted by atomic mass is 19.2. The largest absolute Gasteiger partial charge is 0.388 e. The number of aliphatic hydroxyl groups is 1. The third-order valence-corrected chi connectivity index (χ3v) is 5.83. The second-order valence-corrected chi connectivity index (χ2v) is 8.93. The molecule has 0 unspecified atom stereocenters. The second-order valence-electron chi connectivity index (χ2n) is 8.93. The number of halogens is 3. The van der Waals surface area contributed by atoms with Crippen LogP contribution in [0, 0.1) is 31.3 Å². The molecule has 182 valence electrons. The number of carbonyl (C=O) groups is 1. The molecule has 0 radical (unpaired) electrons. The molecule has 4 rings (SSSR count). The van der Waals surface area contributed by atoms with Gasteiger partial charge in [-0.15, -0.1) is 0 Å². The van der Waals surface area contributed by atoms with Crippen molar-refractivity contribution in [3.63, 3.8) is 0 Å². The lowest BCUT2D eigenvalue weighted by atomic mass is 9.91. The fourth-order valence-corrected chi connectivity index (χ4v) is 3.95. The number of nitrogens with zero attached hydrogens (tertiary/aromatic N) is 2. The maximum atomic E-state index is 14.5. The Kier molecular flexibility index (Phi) is 6.02. The molecular formula is C25H23F3N4O3. The summed E-state index contributed by atoms with van der Waals surface area (Å²) in [4.78, 5) is 28.4. The Hall–Kier alpha value is -3.92. The van der Waals surface area contributed by atoms with Gasteiger partial charge >= 0.3 is 0 Å². The van der Waals surface area contributed by atoms with Crippen molar-refractivity contribution >= 4 is 11.4 Å². The van der Waals surface area contributed by atoms with Gasteiger partial charge in [-0.25, -0.2) is 17.7 Å². The number of aromatic nitrogens is 3. The van der Waals surface area contributed by atoms with Crippen LogP contribution >= 0.6 is 0 Å². The standard InChI is InChI=1S/C25H23F3N4O3/c1-12-5-10-16(19(28)18(12)27)17-11-32-21(24(34)29-17)13(2)20(31-32)23(33)30-22(25(3,4)35)14-6-8-15(26)9-7-14/h5-11,22,35H,1-4H3,(H,29,34)(H,30,33)/t22-/m0/s1. The molecular weight excluding hydrogens is 461 g/mol. The predicted octanol–water partition coefficient (Wildman–Crippen LogP) is 3.97. The van der Waals surface area contributed by atoms with Crippen LogP contribution in [-0.2, 0) is 0 Å². The number of hydrogen-bond donors (Lipinski definition) is 3. The van der Waals surface area contributed by atoms with E-state index in [1.54, 1.807) is 0 Å². The third-order valence-electron chi connectivity index (χ3n) is 5.83. The zero-order valence-electron chi connectivity index (χ0n) is 19.4. The van der Waals surface area contributed by atoms with Crippen LogP contribution in [0.2, 0.25) is 0 Å². The predicted molar refractivity (Wildman–Crippen MR) is 124 cm³/mol. The summed E-state index contributed by atoms with van der Waals surface area (Å²) in [6.45, 7) is 5.92. The van der Waals surface area contributed by atoms with Gasteiger partial charge in [0.15, 0.2) is 17.3 Å². The van der Waals surface area contributed by atoms with Crippen molar-refractivity contribution in [2.45, 2.75) is 39.3 Å². The Labute approximate surface area is 198 Å². The van der Waals surface area contributed by atoms with Gasteiger partial charge in [0.05, 0.1) is 23.5 Å². The highest BCUT2D eigenvalue weighted by molar-refractivity contribution is 5.96. The Morgan fingerprint density at radius 2 is 1.74 bits per heavy atom. The number of aromatic amines is 1. The molecule has 3 N–H and O–H groups in total. The molecule has 0 spiro atoms. The SMILES string of the molecule is Cc1ccc(-c2cn3nc(C(=O)N[C@@H](c4ccc(F)cc4)C(C)(C)O)c(C)c3c(=O)[nH]2)c(F)c1F. The average Bonchev–Trinajstić information content (AvgIpc) is 3.12. The number of aryl methyl sites for hydroxylation is 2. The minimum Gasteiger partial charge on any atom is -0.388 e. The molecule has 0 aliphatic heterocycles. The van der Waals surface area contributed by atoms with Crippen molar-refractivity contribution in [3.8, 4) is 11.3 Å². The molecule has 0 aliphatic carbocycles. The molecule has 35 heavy (non-hydrogen) atoms. The van der Waals surface area contributed by atoms with E-state index >= 15 is 0 Å². The first kappa shape index (κ1) is 24.2. The fraction of sp³-hybridized carbons (Fsp3) is 0.240. The van der Waals surface area contributed by atoms with E-state index in [4.69, 9.17) is 0 Å². The molecule has 2 aromatic heterocycles. The van der Waals surface area contributed by atoms with Crippen LogP contribution in [0.1, 0.15) is 47.1 Å². The lowest BCUT2D eigenvalue weighted by Crippen LogP contribution is -2.42. The van der Waals surface area contributed by atoms with E-state index in [9.17, 15) is 27.9 Å². The molecule has 1 amide bonds. The van der Waals surface area contributed by atoms with Gasteiger partial charge in [-0.05, 0) is 57.0 Å². The van der Waals surface area contributed by atoms with Crippen molar-refractivity contribution in [1.82, 2.24) is 19.9 Å². The third kappa shape index (κ3) is 4.44. The van der Waals surface area contributed by atoms with Gasteiger partial charge in [0.25, 0.3) is 11.5 Å². The molecule has 0 bridgehead atoms. The first-order chi connectivity index (χ1) is 16.4. The summed E-state index contributed by atoms with van der Waals surface area (Å²) < 4.78 is 43.1. The van der Waals surface area contributed by atoms with Crippen molar-refractivity contribution in [2.24, 2.45) is 0 Å². The van der Waals surface area contributed by atoms with E-state index in [-0.39, 0.29) is 33.6 Å². The van der Waals surface area contributed by atoms with E-state index in [2.05, 4.69) is 15.4 Å². The normalized spacial score (nSPS) is 12.7. The second kappa shape index (κ2) is 8.70. The zero-order valence-corrected chi connectivity index (χ0v) is 19.4. The topological polar surface area (TPSA) is 99.5 Å². The lowest BCUT2D eigenvalue weighted by molar-refractivity contribution is 0.0342. The number of H-pyrrole nitrogens is 1. The first-order valence-corrected chi connectivity index (χ1v) is 10.7. The monoisotopic (exact) mass is 484 g/mol. The molecule has 0 aliphatic rings. The molecule has 10 heteroatoms. The molecule has 1 atom stereocenters. The number of benzene rings is 2. The summed E-state index contributed by atoms with van der Waals surface area (Å²) in [6.07, 6.45) is 1.29. The molecule has 2 heterocycles. The quantitative estimate of drug-likeness (QED) is 0.399. The number of fused-ring (bicyclic) bond motifs is 1. The van der Waals surface area contributed by atoms with Crippen LogP contribution in [0.25, 0.3) is 16.8 Å². The van der Waals surface area contributed by atoms with E-state index < -0.39 is 40.6 Å². The van der Waals surface area contributed by atoms with Crippen LogP contribution < -0.4 is 10.9 Å². The van der Waals surface area contributed by atoms with Crippen molar-refractivity contribution in [2.75, 3.05) is 0 Å². The van der Waals surface area contributed by atoms with Crippen LogP contribution in [0.3, 0.4) is 0 Å². The van der Waals surface area contributed by atoms with Gasteiger partial charge in [0.1, 0.15) is 11.3 Å². The summed E-state index contributed by atoms with van der Waals surface area (Å²) in [7, 11) is 0. The Balaban J connectivity index is 1.76. The average molecular weight is 484 g/mol. The number of nitrogens with one attached hydrogen (secondary N) is 2. The Morgan fingerprint density at radius 1 is 1.09 bits per heavy atom. The van der Waals surface area contributed by atoms with E-state index in [0.717, 1.165) is 4.52 Å². The molecule has 2 aromatic carbocycles. The minimum atomic E-state index is -1.42. The molecule has 4 aromatic rings. The van der Waals surface area contributed by atoms with Gasteiger partial charge in [-0.3, -0.25) is 9.59 Å². The van der Waals surface area contributed by atoms with Crippen molar-refractivity contribution in [1.29, 1.82) is 0 Å². The van der Waals surface area contributed by atoms with Gasteiger partial charge in [0.2, 0.25) is 0 Å². The molecule has 0 fully saturated rings. The summed E-state index contributed by atoms with van der Waals surface area (Å²) in [6, 6.07) is 7.12. The zero-order chi connectivity index (χ0) is 25.7. The smallest absolute Gasteiger partial charge is 0.274 e. The highest BCUT2D eigenvalue weighted by Crippen LogP contribution is 2.27. The number of amides is 1. The molecule has 0 saturated carbocycles. The molecule has 7 nitrogen and oxygen atoms in total. The summed E-state index contributed by atoms with van der Waals surface area (Å²) >= 11 is 0. The Bertz CT molecular complexity index is 1500. The van der Waals surface area contributed by atoms with Gasteiger partial charge in [0, 0.05) is 11.1 Å². The summed E-state index contributed by atoms with van der Waals surface area (Å²) in [5.74, 6) is -3.30. The number of hydrogen-bond acceptors (Lipinski definition) is 4. The van der Waals surface area contributed by atoms with Crippen LogP contribution in [0.15, 0.2) is 47.4 Å².